The van der Waals surface area contributed by atoms with Gasteiger partial charge in [0, 0.05) is 15.6 Å². The van der Waals surface area contributed by atoms with Crippen LogP contribution in [0.1, 0.15) is 20.9 Å². The molecule has 0 spiro atoms. The molecule has 0 aliphatic rings. The molecule has 0 fully saturated rings. The van der Waals surface area contributed by atoms with E-state index in [2.05, 4.69) is 21.2 Å². The van der Waals surface area contributed by atoms with E-state index in [-0.39, 0.29) is 11.3 Å². The molecule has 0 aliphatic heterocycles. The highest BCUT2D eigenvalue weighted by atomic mass is 79.9. The maximum absolute atomic E-state index is 11.8. The second kappa shape index (κ2) is 5.46. The molecule has 5 nitrogen and oxygen atoms in total. The molecule has 2 N–H and O–H groups in total. The zero-order chi connectivity index (χ0) is 14.0. The zero-order valence-corrected chi connectivity index (χ0v) is 11.7. The van der Waals surface area contributed by atoms with E-state index in [0.717, 1.165) is 12.3 Å². The largest absolute Gasteiger partial charge is 0.478 e. The second-order valence-electron chi connectivity index (χ2n) is 3.58. The van der Waals surface area contributed by atoms with Crippen LogP contribution in [0.4, 0.5) is 5.69 Å². The van der Waals surface area contributed by atoms with Gasteiger partial charge in [-0.1, -0.05) is 11.6 Å². The quantitative estimate of drug-likeness (QED) is 0.891. The molecule has 0 unspecified atom stereocenters. The van der Waals surface area contributed by atoms with Crippen molar-refractivity contribution in [2.45, 2.75) is 0 Å². The van der Waals surface area contributed by atoms with E-state index in [4.69, 9.17) is 21.1 Å². The first kappa shape index (κ1) is 13.6. The fourth-order valence-corrected chi connectivity index (χ4v) is 2.12. The molecule has 1 heterocycles. The minimum atomic E-state index is -1.16. The Morgan fingerprint density at radius 2 is 2.05 bits per heavy atom. The van der Waals surface area contributed by atoms with Gasteiger partial charge >= 0.3 is 5.97 Å². The van der Waals surface area contributed by atoms with Crippen LogP contribution < -0.4 is 5.32 Å². The van der Waals surface area contributed by atoms with Gasteiger partial charge < -0.3 is 14.8 Å². The maximum atomic E-state index is 11.8. The number of aromatic carboxylic acids is 1. The number of carbonyl (C=O) groups is 2. The van der Waals surface area contributed by atoms with Crippen LogP contribution in [0.3, 0.4) is 0 Å². The minimum Gasteiger partial charge on any atom is -0.478 e. The lowest BCUT2D eigenvalue weighted by molar-refractivity contribution is 0.0696. The molecule has 7 heteroatoms. The molecular weight excluding hydrogens is 337 g/mol. The Hall–Kier alpha value is -1.79. The first-order chi connectivity index (χ1) is 8.97. The van der Waals surface area contributed by atoms with E-state index in [1.807, 2.05) is 0 Å². The van der Waals surface area contributed by atoms with Crippen LogP contribution in [0.25, 0.3) is 0 Å². The van der Waals surface area contributed by atoms with Crippen molar-refractivity contribution in [1.29, 1.82) is 0 Å². The predicted octanol–water partition coefficient (Wildman–Crippen LogP) is 3.65. The standard InChI is InChI=1S/C12H7BrClNO4/c13-8-4-7(14)1-2-9(8)15-11(16)10-3-6(5-19-10)12(17)18/h1-5H,(H,15,16)(H,17,18). The lowest BCUT2D eigenvalue weighted by Gasteiger charge is -2.05. The zero-order valence-electron chi connectivity index (χ0n) is 9.31. The molecule has 0 aliphatic carbocycles. The predicted molar refractivity (Wildman–Crippen MR) is 72.8 cm³/mol. The Bertz CT molecular complexity index is 653. The average molecular weight is 345 g/mol. The number of carboxylic acids is 1. The topological polar surface area (TPSA) is 79.5 Å². The van der Waals surface area contributed by atoms with Gasteiger partial charge in [0.05, 0.1) is 11.3 Å². The van der Waals surface area contributed by atoms with Crippen molar-refractivity contribution in [2.75, 3.05) is 5.32 Å². The lowest BCUT2D eigenvalue weighted by Crippen LogP contribution is -2.11. The minimum absolute atomic E-state index is 0.0830. The summed E-state index contributed by atoms with van der Waals surface area (Å²) in [6, 6.07) is 6.02. The number of carbonyl (C=O) groups excluding carboxylic acids is 1. The van der Waals surface area contributed by atoms with Gasteiger partial charge in [0.15, 0.2) is 5.76 Å². The molecular formula is C12H7BrClNO4. The Morgan fingerprint density at radius 3 is 2.63 bits per heavy atom. The third-order valence-electron chi connectivity index (χ3n) is 2.25. The third kappa shape index (κ3) is 3.15. The van der Waals surface area contributed by atoms with Crippen molar-refractivity contribution in [3.8, 4) is 0 Å². The Morgan fingerprint density at radius 1 is 1.32 bits per heavy atom. The van der Waals surface area contributed by atoms with Crippen molar-refractivity contribution in [1.82, 2.24) is 0 Å². The third-order valence-corrected chi connectivity index (χ3v) is 3.14. The highest BCUT2D eigenvalue weighted by molar-refractivity contribution is 9.10. The lowest BCUT2D eigenvalue weighted by atomic mass is 10.3. The number of benzene rings is 1. The molecule has 0 saturated heterocycles. The van der Waals surface area contributed by atoms with Crippen LogP contribution in [0.15, 0.2) is 39.4 Å². The van der Waals surface area contributed by atoms with Crippen molar-refractivity contribution >= 4 is 45.1 Å². The van der Waals surface area contributed by atoms with E-state index in [1.54, 1.807) is 18.2 Å². The summed E-state index contributed by atoms with van der Waals surface area (Å²) in [6.07, 6.45) is 1.01. The van der Waals surface area contributed by atoms with E-state index < -0.39 is 11.9 Å². The molecule has 1 aromatic heterocycles. The van der Waals surface area contributed by atoms with Crippen molar-refractivity contribution < 1.29 is 19.1 Å². The van der Waals surface area contributed by atoms with E-state index in [9.17, 15) is 9.59 Å². The highest BCUT2D eigenvalue weighted by Crippen LogP contribution is 2.26. The molecule has 0 atom stereocenters. The Balaban J connectivity index is 2.18. The Labute approximate surface area is 121 Å². The maximum Gasteiger partial charge on any atom is 0.338 e. The smallest absolute Gasteiger partial charge is 0.338 e. The summed E-state index contributed by atoms with van der Waals surface area (Å²) in [5, 5.41) is 11.8. The second-order valence-corrected chi connectivity index (χ2v) is 4.87. The number of carboxylic acid groups (broad SMARTS) is 1. The molecule has 98 valence electrons. The Kier molecular flexibility index (Phi) is 3.92. The fourth-order valence-electron chi connectivity index (χ4n) is 1.34. The van der Waals surface area contributed by atoms with Gasteiger partial charge in [-0.2, -0.15) is 0 Å². The van der Waals surface area contributed by atoms with Gasteiger partial charge in [-0.3, -0.25) is 4.79 Å². The number of hydrogen-bond acceptors (Lipinski definition) is 3. The molecule has 0 bridgehead atoms. The average Bonchev–Trinajstić information content (AvgIpc) is 2.82. The molecule has 2 aromatic rings. The van der Waals surface area contributed by atoms with Gasteiger partial charge in [-0.15, -0.1) is 0 Å². The normalized spacial score (nSPS) is 10.2. The van der Waals surface area contributed by atoms with Crippen LogP contribution in [0.5, 0.6) is 0 Å². The molecule has 1 amide bonds. The summed E-state index contributed by atoms with van der Waals surface area (Å²) in [7, 11) is 0. The number of nitrogens with one attached hydrogen (secondary N) is 1. The number of hydrogen-bond donors (Lipinski definition) is 2. The van der Waals surface area contributed by atoms with Gasteiger partial charge in [-0.05, 0) is 34.1 Å². The van der Waals surface area contributed by atoms with Crippen LogP contribution in [-0.4, -0.2) is 17.0 Å². The summed E-state index contributed by atoms with van der Waals surface area (Å²) in [6.45, 7) is 0. The van der Waals surface area contributed by atoms with Gasteiger partial charge in [-0.25, -0.2) is 4.79 Å². The first-order valence-corrected chi connectivity index (χ1v) is 6.22. The number of rotatable bonds is 3. The van der Waals surface area contributed by atoms with Crippen molar-refractivity contribution in [3.63, 3.8) is 0 Å². The van der Waals surface area contributed by atoms with E-state index in [1.165, 1.54) is 0 Å². The SMILES string of the molecule is O=C(O)c1coc(C(=O)Nc2ccc(Cl)cc2Br)c1. The highest BCUT2D eigenvalue weighted by Gasteiger charge is 2.15. The monoisotopic (exact) mass is 343 g/mol. The summed E-state index contributed by atoms with van der Waals surface area (Å²) in [4.78, 5) is 22.5. The van der Waals surface area contributed by atoms with Crippen molar-refractivity contribution in [3.05, 3.63) is 51.3 Å². The van der Waals surface area contributed by atoms with E-state index >= 15 is 0 Å². The number of amides is 1. The number of halogens is 2. The summed E-state index contributed by atoms with van der Waals surface area (Å²) in [5.74, 6) is -1.79. The molecule has 1 aromatic carbocycles. The fraction of sp³-hybridized carbons (Fsp3) is 0. The van der Waals surface area contributed by atoms with E-state index in [0.29, 0.717) is 15.2 Å². The number of furan rings is 1. The molecule has 2 rings (SSSR count). The molecule has 19 heavy (non-hydrogen) atoms. The summed E-state index contributed by atoms with van der Waals surface area (Å²) < 4.78 is 5.50. The van der Waals surface area contributed by atoms with Gasteiger partial charge in [0.1, 0.15) is 6.26 Å². The van der Waals surface area contributed by atoms with Crippen LogP contribution in [0, 0.1) is 0 Å². The summed E-state index contributed by atoms with van der Waals surface area (Å²) >= 11 is 9.03. The van der Waals surface area contributed by atoms with Gasteiger partial charge in [0.2, 0.25) is 0 Å². The molecule has 0 saturated carbocycles. The summed E-state index contributed by atoms with van der Waals surface area (Å²) in [5.41, 5.74) is 0.419. The van der Waals surface area contributed by atoms with Crippen molar-refractivity contribution in [2.24, 2.45) is 0 Å². The number of anilines is 1. The van der Waals surface area contributed by atoms with Crippen LogP contribution >= 0.6 is 27.5 Å². The molecule has 0 radical (unpaired) electrons. The first-order valence-electron chi connectivity index (χ1n) is 5.05. The van der Waals surface area contributed by atoms with Crippen LogP contribution in [0.2, 0.25) is 5.02 Å². The van der Waals surface area contributed by atoms with Crippen LogP contribution in [-0.2, 0) is 0 Å². The van der Waals surface area contributed by atoms with Gasteiger partial charge in [0.25, 0.3) is 5.91 Å².